The zero-order valence-electron chi connectivity index (χ0n) is 7.79. The van der Waals surface area contributed by atoms with Crippen molar-refractivity contribution in [3.8, 4) is 0 Å². The first kappa shape index (κ1) is 8.51. The fraction of sp³-hybridized carbons (Fsp3) is 0.300. The zero-order valence-corrected chi connectivity index (χ0v) is 8.61. The van der Waals surface area contributed by atoms with Crippen molar-refractivity contribution in [2.45, 2.75) is 13.3 Å². The molecule has 0 amide bonds. The summed E-state index contributed by atoms with van der Waals surface area (Å²) in [5.74, 6) is 0. The lowest BCUT2D eigenvalue weighted by Gasteiger charge is -1.97. The Hall–Kier alpha value is -1.09. The Morgan fingerprint density at radius 3 is 2.92 bits per heavy atom. The van der Waals surface area contributed by atoms with Crippen LogP contribution in [0.3, 0.4) is 0 Å². The number of nitrogens with one attached hydrogen (secondary N) is 1. The maximum Gasteiger partial charge on any atom is 0.177 e. The number of aryl methyl sites for hydroxylation is 2. The van der Waals surface area contributed by atoms with Crippen LogP contribution in [0.2, 0.25) is 0 Å². The molecule has 2 rings (SSSR count). The normalized spacial score (nSPS) is 10.9. The quantitative estimate of drug-likeness (QED) is 0.689. The van der Waals surface area contributed by atoms with Crippen LogP contribution in [0.5, 0.6) is 0 Å². The molecule has 2 nitrogen and oxygen atoms in total. The number of hydrogen-bond acceptors (Lipinski definition) is 1. The lowest BCUT2D eigenvalue weighted by molar-refractivity contribution is 0.927. The predicted molar refractivity (Wildman–Crippen MR) is 57.5 cm³/mol. The average molecular weight is 192 g/mol. The summed E-state index contributed by atoms with van der Waals surface area (Å²) in [6.07, 6.45) is 1.06. The van der Waals surface area contributed by atoms with E-state index in [9.17, 15) is 0 Å². The molecule has 0 atom stereocenters. The van der Waals surface area contributed by atoms with Crippen LogP contribution in [-0.2, 0) is 13.5 Å². The molecule has 0 fully saturated rings. The second-order valence-corrected chi connectivity index (χ2v) is 3.58. The largest absolute Gasteiger partial charge is 0.331 e. The summed E-state index contributed by atoms with van der Waals surface area (Å²) in [5.41, 5.74) is 3.64. The highest BCUT2D eigenvalue weighted by molar-refractivity contribution is 7.71. The molecule has 0 aliphatic carbocycles. The number of imidazole rings is 1. The third-order valence-electron chi connectivity index (χ3n) is 2.38. The number of fused-ring (bicyclic) bond motifs is 1. The Bertz CT molecular complexity index is 493. The Balaban J connectivity index is 2.80. The van der Waals surface area contributed by atoms with E-state index in [2.05, 4.69) is 30.1 Å². The van der Waals surface area contributed by atoms with Crippen molar-refractivity contribution in [2.24, 2.45) is 7.05 Å². The highest BCUT2D eigenvalue weighted by atomic mass is 32.1. The van der Waals surface area contributed by atoms with E-state index < -0.39 is 0 Å². The van der Waals surface area contributed by atoms with Gasteiger partial charge in [-0.25, -0.2) is 0 Å². The van der Waals surface area contributed by atoms with Crippen molar-refractivity contribution in [3.05, 3.63) is 28.5 Å². The fourth-order valence-electron chi connectivity index (χ4n) is 1.50. The smallest absolute Gasteiger partial charge is 0.177 e. The molecule has 1 aromatic carbocycles. The molecule has 1 heterocycles. The van der Waals surface area contributed by atoms with Crippen molar-refractivity contribution >= 4 is 23.3 Å². The SMILES string of the molecule is CCc1ccc2c(c1)[nH]c(=S)n2C. The standard InChI is InChI=1S/C10H12N2S/c1-3-7-4-5-9-8(6-7)11-10(13)12(9)2/h4-6H,3H2,1-2H3,(H,11,13). The van der Waals surface area contributed by atoms with E-state index in [1.807, 2.05) is 11.6 Å². The van der Waals surface area contributed by atoms with Gasteiger partial charge in [0, 0.05) is 7.05 Å². The van der Waals surface area contributed by atoms with Gasteiger partial charge in [-0.1, -0.05) is 13.0 Å². The van der Waals surface area contributed by atoms with Gasteiger partial charge in [0.2, 0.25) is 0 Å². The van der Waals surface area contributed by atoms with Gasteiger partial charge in [-0.2, -0.15) is 0 Å². The summed E-state index contributed by atoms with van der Waals surface area (Å²) in [6, 6.07) is 6.41. The summed E-state index contributed by atoms with van der Waals surface area (Å²) in [5, 5.41) is 0. The van der Waals surface area contributed by atoms with Gasteiger partial charge >= 0.3 is 0 Å². The highest BCUT2D eigenvalue weighted by Gasteiger charge is 2.00. The molecule has 3 heteroatoms. The number of aromatic amines is 1. The first-order valence-corrected chi connectivity index (χ1v) is 4.81. The van der Waals surface area contributed by atoms with Crippen LogP contribution < -0.4 is 0 Å². The molecule has 0 aliphatic rings. The summed E-state index contributed by atoms with van der Waals surface area (Å²) in [4.78, 5) is 3.18. The molecule has 68 valence electrons. The third-order valence-corrected chi connectivity index (χ3v) is 2.75. The van der Waals surface area contributed by atoms with E-state index in [4.69, 9.17) is 12.2 Å². The van der Waals surface area contributed by atoms with Crippen LogP contribution in [0.1, 0.15) is 12.5 Å². The van der Waals surface area contributed by atoms with Gasteiger partial charge in [0.25, 0.3) is 0 Å². The molecule has 0 radical (unpaired) electrons. The molecule has 13 heavy (non-hydrogen) atoms. The van der Waals surface area contributed by atoms with Gasteiger partial charge in [-0.05, 0) is 36.3 Å². The molecule has 2 aromatic rings. The molecule has 0 aliphatic heterocycles. The zero-order chi connectivity index (χ0) is 9.42. The predicted octanol–water partition coefficient (Wildman–Crippen LogP) is 2.80. The van der Waals surface area contributed by atoms with E-state index in [0.29, 0.717) is 0 Å². The molecule has 0 saturated heterocycles. The summed E-state index contributed by atoms with van der Waals surface area (Å²) < 4.78 is 2.77. The molecule has 1 N–H and O–H groups in total. The second kappa shape index (κ2) is 3.00. The summed E-state index contributed by atoms with van der Waals surface area (Å²) in [7, 11) is 1.98. The van der Waals surface area contributed by atoms with Gasteiger partial charge in [-0.3, -0.25) is 0 Å². The Morgan fingerprint density at radius 2 is 2.23 bits per heavy atom. The lowest BCUT2D eigenvalue weighted by Crippen LogP contribution is -1.86. The summed E-state index contributed by atoms with van der Waals surface area (Å²) >= 11 is 5.14. The van der Waals surface area contributed by atoms with E-state index >= 15 is 0 Å². The topological polar surface area (TPSA) is 20.7 Å². The first-order chi connectivity index (χ1) is 6.22. The van der Waals surface area contributed by atoms with Crippen LogP contribution in [-0.4, -0.2) is 9.55 Å². The van der Waals surface area contributed by atoms with Crippen molar-refractivity contribution in [1.82, 2.24) is 9.55 Å². The van der Waals surface area contributed by atoms with Crippen molar-refractivity contribution < 1.29 is 0 Å². The number of rotatable bonds is 1. The maximum absolute atomic E-state index is 5.14. The van der Waals surface area contributed by atoms with Crippen LogP contribution in [0.4, 0.5) is 0 Å². The molecule has 0 spiro atoms. The van der Waals surface area contributed by atoms with Crippen LogP contribution in [0, 0.1) is 4.77 Å². The highest BCUT2D eigenvalue weighted by Crippen LogP contribution is 2.14. The van der Waals surface area contributed by atoms with Crippen molar-refractivity contribution in [2.75, 3.05) is 0 Å². The molecule has 0 unspecified atom stereocenters. The number of H-pyrrole nitrogens is 1. The van der Waals surface area contributed by atoms with Crippen LogP contribution in [0.25, 0.3) is 11.0 Å². The van der Waals surface area contributed by atoms with Crippen molar-refractivity contribution in [1.29, 1.82) is 0 Å². The van der Waals surface area contributed by atoms with Gasteiger partial charge in [0.05, 0.1) is 11.0 Å². The van der Waals surface area contributed by atoms with E-state index in [-0.39, 0.29) is 0 Å². The van der Waals surface area contributed by atoms with E-state index in [0.717, 1.165) is 16.7 Å². The van der Waals surface area contributed by atoms with Gasteiger partial charge in [0.1, 0.15) is 0 Å². The average Bonchev–Trinajstić information content (AvgIpc) is 2.42. The third kappa shape index (κ3) is 1.29. The Kier molecular flexibility index (Phi) is 1.96. The molecular weight excluding hydrogens is 180 g/mol. The number of benzene rings is 1. The first-order valence-electron chi connectivity index (χ1n) is 4.40. The van der Waals surface area contributed by atoms with E-state index in [1.165, 1.54) is 11.1 Å². The molecule has 1 aromatic heterocycles. The maximum atomic E-state index is 5.14. The van der Waals surface area contributed by atoms with Crippen LogP contribution >= 0.6 is 12.2 Å². The molecule has 0 bridgehead atoms. The van der Waals surface area contributed by atoms with Gasteiger partial charge in [-0.15, -0.1) is 0 Å². The monoisotopic (exact) mass is 192 g/mol. The fourth-order valence-corrected chi connectivity index (χ4v) is 1.71. The van der Waals surface area contributed by atoms with Gasteiger partial charge in [0.15, 0.2) is 4.77 Å². The number of hydrogen-bond donors (Lipinski definition) is 1. The minimum absolute atomic E-state index is 0.781. The minimum Gasteiger partial charge on any atom is -0.331 e. The number of nitrogens with zero attached hydrogens (tertiary/aromatic N) is 1. The summed E-state index contributed by atoms with van der Waals surface area (Å²) in [6.45, 7) is 2.15. The Labute approximate surface area is 82.2 Å². The second-order valence-electron chi connectivity index (χ2n) is 3.19. The van der Waals surface area contributed by atoms with Crippen LogP contribution in [0.15, 0.2) is 18.2 Å². The molecular formula is C10H12N2S. The van der Waals surface area contributed by atoms with E-state index in [1.54, 1.807) is 0 Å². The Morgan fingerprint density at radius 1 is 1.46 bits per heavy atom. The van der Waals surface area contributed by atoms with Crippen molar-refractivity contribution in [3.63, 3.8) is 0 Å². The van der Waals surface area contributed by atoms with Gasteiger partial charge < -0.3 is 9.55 Å². The molecule has 0 saturated carbocycles. The lowest BCUT2D eigenvalue weighted by atomic mass is 10.1. The minimum atomic E-state index is 0.781. The number of aromatic nitrogens is 2.